The van der Waals surface area contributed by atoms with Gasteiger partial charge in [0, 0.05) is 11.4 Å². The van der Waals surface area contributed by atoms with Gasteiger partial charge in [-0.2, -0.15) is 0 Å². The highest BCUT2D eigenvalue weighted by Gasteiger charge is 2.32. The van der Waals surface area contributed by atoms with Gasteiger partial charge in [-0.3, -0.25) is 9.59 Å². The fourth-order valence-corrected chi connectivity index (χ4v) is 3.20. The average molecular weight is 389 g/mol. The fraction of sp³-hybridized carbons (Fsp3) is 0.222. The molecule has 2 aromatic carbocycles. The van der Waals surface area contributed by atoms with Crippen molar-refractivity contribution in [2.24, 2.45) is 0 Å². The average Bonchev–Trinajstić information content (AvgIpc) is 2.56. The molecule has 1 heterocycles. The van der Waals surface area contributed by atoms with Crippen LogP contribution in [0.15, 0.2) is 46.9 Å². The van der Waals surface area contributed by atoms with Gasteiger partial charge in [0.2, 0.25) is 5.91 Å². The van der Waals surface area contributed by atoms with Gasteiger partial charge in [-0.05, 0) is 52.7 Å². The Kier molecular flexibility index (Phi) is 4.57. The number of nitrogens with zero attached hydrogens (tertiary/aromatic N) is 1. The van der Waals surface area contributed by atoms with Gasteiger partial charge in [0.1, 0.15) is 5.75 Å². The number of benzene rings is 2. The van der Waals surface area contributed by atoms with E-state index in [-0.39, 0.29) is 18.4 Å². The summed E-state index contributed by atoms with van der Waals surface area (Å²) >= 11 is 3.44. The number of nitrogens with one attached hydrogen (secondary N) is 1. The lowest BCUT2D eigenvalue weighted by atomic mass is 10.1. The Morgan fingerprint density at radius 2 is 2.00 bits per heavy atom. The summed E-state index contributed by atoms with van der Waals surface area (Å²) < 4.78 is 6.59. The summed E-state index contributed by atoms with van der Waals surface area (Å²) in [6.07, 6.45) is -0.767. The standard InChI is InChI=1S/C18H17BrN2O3/c1-11-7-8-14(13(19)9-11)20-18(23)17-10-21(12(2)22)15-5-3-4-6-16(15)24-17/h3-9,17H,10H2,1-2H3,(H,20,23). The first-order chi connectivity index (χ1) is 11.5. The Morgan fingerprint density at radius 3 is 2.71 bits per heavy atom. The lowest BCUT2D eigenvalue weighted by Crippen LogP contribution is -2.48. The van der Waals surface area contributed by atoms with Crippen LogP contribution in [0.2, 0.25) is 0 Å². The normalized spacial score (nSPS) is 16.1. The van der Waals surface area contributed by atoms with Crippen LogP contribution in [0.3, 0.4) is 0 Å². The third-order valence-electron chi connectivity index (χ3n) is 3.83. The van der Waals surface area contributed by atoms with E-state index >= 15 is 0 Å². The van der Waals surface area contributed by atoms with Gasteiger partial charge in [-0.25, -0.2) is 0 Å². The molecule has 0 radical (unpaired) electrons. The number of aryl methyl sites for hydroxylation is 1. The van der Waals surface area contributed by atoms with Gasteiger partial charge in [0.05, 0.1) is 17.9 Å². The maximum Gasteiger partial charge on any atom is 0.267 e. The lowest BCUT2D eigenvalue weighted by molar-refractivity contribution is -0.123. The topological polar surface area (TPSA) is 58.6 Å². The molecule has 0 aromatic heterocycles. The second kappa shape index (κ2) is 6.65. The molecule has 1 unspecified atom stereocenters. The monoisotopic (exact) mass is 388 g/mol. The van der Waals surface area contributed by atoms with Crippen LogP contribution in [0.25, 0.3) is 0 Å². The van der Waals surface area contributed by atoms with Crippen molar-refractivity contribution in [3.8, 4) is 5.75 Å². The zero-order valence-electron chi connectivity index (χ0n) is 13.4. The van der Waals surface area contributed by atoms with Crippen LogP contribution in [0.4, 0.5) is 11.4 Å². The van der Waals surface area contributed by atoms with Crippen LogP contribution in [0.1, 0.15) is 12.5 Å². The molecule has 3 rings (SSSR count). The zero-order valence-corrected chi connectivity index (χ0v) is 15.0. The lowest BCUT2D eigenvalue weighted by Gasteiger charge is -2.33. The van der Waals surface area contributed by atoms with E-state index in [1.165, 1.54) is 6.92 Å². The molecular weight excluding hydrogens is 372 g/mol. The molecule has 2 aromatic rings. The Morgan fingerprint density at radius 1 is 1.25 bits per heavy atom. The highest BCUT2D eigenvalue weighted by molar-refractivity contribution is 9.10. The van der Waals surface area contributed by atoms with Crippen LogP contribution in [0.5, 0.6) is 5.75 Å². The summed E-state index contributed by atoms with van der Waals surface area (Å²) in [5.74, 6) is 0.113. The van der Waals surface area contributed by atoms with Crippen LogP contribution < -0.4 is 15.0 Å². The number of para-hydroxylation sites is 2. The van der Waals surface area contributed by atoms with Crippen LogP contribution in [-0.2, 0) is 9.59 Å². The minimum atomic E-state index is -0.767. The van der Waals surface area contributed by atoms with E-state index in [1.807, 2.05) is 37.3 Å². The molecule has 0 saturated carbocycles. The number of hydrogen-bond donors (Lipinski definition) is 1. The number of anilines is 2. The van der Waals surface area contributed by atoms with E-state index in [9.17, 15) is 9.59 Å². The molecule has 24 heavy (non-hydrogen) atoms. The Bertz CT molecular complexity index is 807. The van der Waals surface area contributed by atoms with Crippen LogP contribution in [-0.4, -0.2) is 24.5 Å². The predicted octanol–water partition coefficient (Wildman–Crippen LogP) is 3.51. The Hall–Kier alpha value is -2.34. The second-order valence-electron chi connectivity index (χ2n) is 5.68. The summed E-state index contributed by atoms with van der Waals surface area (Å²) in [5.41, 5.74) is 2.44. The maximum atomic E-state index is 12.6. The first kappa shape index (κ1) is 16.5. The van der Waals surface area contributed by atoms with Crippen molar-refractivity contribution in [2.45, 2.75) is 20.0 Å². The first-order valence-corrected chi connectivity index (χ1v) is 8.36. The summed E-state index contributed by atoms with van der Waals surface area (Å²) in [5, 5.41) is 2.85. The van der Waals surface area contributed by atoms with Crippen LogP contribution >= 0.6 is 15.9 Å². The van der Waals surface area contributed by atoms with Crippen molar-refractivity contribution in [2.75, 3.05) is 16.8 Å². The van der Waals surface area contributed by atoms with Crippen molar-refractivity contribution in [1.29, 1.82) is 0 Å². The number of amides is 2. The first-order valence-electron chi connectivity index (χ1n) is 7.56. The fourth-order valence-electron chi connectivity index (χ4n) is 2.60. The molecule has 0 aliphatic carbocycles. The summed E-state index contributed by atoms with van der Waals surface area (Å²) in [6, 6.07) is 12.9. The van der Waals surface area contributed by atoms with Crippen molar-refractivity contribution in [3.63, 3.8) is 0 Å². The van der Waals surface area contributed by atoms with Crippen LogP contribution in [0, 0.1) is 6.92 Å². The molecule has 0 saturated heterocycles. The van der Waals surface area contributed by atoms with E-state index in [2.05, 4.69) is 21.2 Å². The Labute approximate surface area is 148 Å². The van der Waals surface area contributed by atoms with Crippen molar-refractivity contribution in [3.05, 3.63) is 52.5 Å². The number of ether oxygens (including phenoxy) is 1. The number of carbonyl (C=O) groups excluding carboxylic acids is 2. The van der Waals surface area contributed by atoms with Crippen molar-refractivity contribution >= 4 is 39.1 Å². The number of halogens is 1. The number of hydrogen-bond acceptors (Lipinski definition) is 3. The molecule has 1 N–H and O–H groups in total. The molecule has 0 fully saturated rings. The third kappa shape index (κ3) is 3.28. The van der Waals surface area contributed by atoms with Gasteiger partial charge >= 0.3 is 0 Å². The summed E-state index contributed by atoms with van der Waals surface area (Å²) in [4.78, 5) is 26.1. The van der Waals surface area contributed by atoms with Crippen molar-refractivity contribution in [1.82, 2.24) is 0 Å². The van der Waals surface area contributed by atoms with Gasteiger partial charge in [-0.1, -0.05) is 18.2 Å². The van der Waals surface area contributed by atoms with E-state index in [1.54, 1.807) is 17.0 Å². The maximum absolute atomic E-state index is 12.6. The highest BCUT2D eigenvalue weighted by Crippen LogP contribution is 2.33. The molecule has 0 bridgehead atoms. The molecule has 5 nitrogen and oxygen atoms in total. The van der Waals surface area contributed by atoms with E-state index < -0.39 is 6.10 Å². The molecule has 0 spiro atoms. The van der Waals surface area contributed by atoms with E-state index in [0.29, 0.717) is 17.1 Å². The van der Waals surface area contributed by atoms with Gasteiger partial charge in [-0.15, -0.1) is 0 Å². The highest BCUT2D eigenvalue weighted by atomic mass is 79.9. The Balaban J connectivity index is 1.82. The third-order valence-corrected chi connectivity index (χ3v) is 4.48. The smallest absolute Gasteiger partial charge is 0.267 e. The van der Waals surface area contributed by atoms with E-state index in [0.717, 1.165) is 10.0 Å². The molecule has 1 atom stereocenters. The molecule has 6 heteroatoms. The minimum absolute atomic E-state index is 0.125. The second-order valence-corrected chi connectivity index (χ2v) is 6.53. The largest absolute Gasteiger partial charge is 0.476 e. The van der Waals surface area contributed by atoms with Gasteiger partial charge < -0.3 is 15.0 Å². The molecular formula is C18H17BrN2O3. The molecule has 1 aliphatic heterocycles. The molecule has 1 aliphatic rings. The number of fused-ring (bicyclic) bond motifs is 1. The summed E-state index contributed by atoms with van der Waals surface area (Å²) in [6.45, 7) is 3.64. The van der Waals surface area contributed by atoms with E-state index in [4.69, 9.17) is 4.74 Å². The predicted molar refractivity (Wildman–Crippen MR) is 96.4 cm³/mol. The number of carbonyl (C=O) groups is 2. The SMILES string of the molecule is CC(=O)N1CC(C(=O)Nc2ccc(C)cc2Br)Oc2ccccc21. The minimum Gasteiger partial charge on any atom is -0.476 e. The summed E-state index contributed by atoms with van der Waals surface area (Å²) in [7, 11) is 0. The molecule has 124 valence electrons. The molecule has 2 amide bonds. The van der Waals surface area contributed by atoms with Gasteiger partial charge in [0.15, 0.2) is 6.10 Å². The zero-order chi connectivity index (χ0) is 17.3. The number of rotatable bonds is 2. The quantitative estimate of drug-likeness (QED) is 0.855. The van der Waals surface area contributed by atoms with Crippen molar-refractivity contribution < 1.29 is 14.3 Å². The van der Waals surface area contributed by atoms with Gasteiger partial charge in [0.25, 0.3) is 5.91 Å².